The average Bonchev–Trinajstić information content (AvgIpc) is 3.24. The van der Waals surface area contributed by atoms with Crippen molar-refractivity contribution in [3.63, 3.8) is 0 Å². The zero-order valence-corrected chi connectivity index (χ0v) is 18.7. The third-order valence-corrected chi connectivity index (χ3v) is 6.32. The fourth-order valence-electron chi connectivity index (χ4n) is 4.01. The third-order valence-electron chi connectivity index (χ3n) is 6.32. The molecule has 6 heteroatoms. The van der Waals surface area contributed by atoms with Gasteiger partial charge in [0.15, 0.2) is 5.96 Å². The molecule has 29 heavy (non-hydrogen) atoms. The molecule has 1 heterocycles. The normalized spacial score (nSPS) is 17.5. The largest absolute Gasteiger partial charge is 0.497 e. The molecule has 164 valence electrons. The second-order valence-corrected chi connectivity index (χ2v) is 8.06. The lowest BCUT2D eigenvalue weighted by atomic mass is 9.79. The van der Waals surface area contributed by atoms with Crippen molar-refractivity contribution >= 4 is 11.6 Å². The smallest absolute Gasteiger partial charge is 0.191 e. The van der Waals surface area contributed by atoms with E-state index in [0.717, 1.165) is 63.7 Å². The molecule has 1 aromatic rings. The predicted octanol–water partition coefficient (Wildman–Crippen LogP) is 3.27. The first-order valence-corrected chi connectivity index (χ1v) is 11.1. The Morgan fingerprint density at radius 3 is 2.72 bits per heavy atom. The first-order chi connectivity index (χ1) is 14.1. The van der Waals surface area contributed by atoms with Gasteiger partial charge in [0.25, 0.3) is 0 Å². The number of nitrogens with zero attached hydrogens (tertiary/aromatic N) is 2. The number of aliphatic hydroxyl groups excluding tert-OH is 1. The van der Waals surface area contributed by atoms with E-state index in [4.69, 9.17) is 9.73 Å². The Morgan fingerprint density at radius 1 is 1.28 bits per heavy atom. The van der Waals surface area contributed by atoms with Crippen molar-refractivity contribution in [2.75, 3.05) is 51.3 Å². The van der Waals surface area contributed by atoms with Crippen LogP contribution in [0.2, 0.25) is 0 Å². The number of hydrogen-bond donors (Lipinski definition) is 3. The molecule has 0 saturated carbocycles. The van der Waals surface area contributed by atoms with Gasteiger partial charge in [-0.25, -0.2) is 0 Å². The fraction of sp³-hybridized carbons (Fsp3) is 0.696. The van der Waals surface area contributed by atoms with E-state index >= 15 is 0 Å². The van der Waals surface area contributed by atoms with Crippen LogP contribution in [0.5, 0.6) is 5.75 Å². The van der Waals surface area contributed by atoms with Crippen LogP contribution in [-0.4, -0.2) is 57.5 Å². The average molecular weight is 405 g/mol. The molecule has 0 aromatic heterocycles. The van der Waals surface area contributed by atoms with Crippen molar-refractivity contribution in [2.24, 2.45) is 16.3 Å². The van der Waals surface area contributed by atoms with Crippen LogP contribution in [0.4, 0.5) is 5.69 Å². The number of aliphatic hydroxyl groups is 1. The van der Waals surface area contributed by atoms with E-state index < -0.39 is 0 Å². The van der Waals surface area contributed by atoms with Crippen molar-refractivity contribution in [2.45, 2.75) is 46.5 Å². The summed E-state index contributed by atoms with van der Waals surface area (Å²) >= 11 is 0. The zero-order chi connectivity index (χ0) is 21.1. The van der Waals surface area contributed by atoms with Gasteiger partial charge in [-0.2, -0.15) is 0 Å². The van der Waals surface area contributed by atoms with Crippen LogP contribution in [0.3, 0.4) is 0 Å². The number of ether oxygens (including phenoxy) is 1. The van der Waals surface area contributed by atoms with E-state index in [1.54, 1.807) is 7.11 Å². The van der Waals surface area contributed by atoms with Crippen LogP contribution in [0.1, 0.15) is 46.5 Å². The summed E-state index contributed by atoms with van der Waals surface area (Å²) in [5.74, 6) is 2.38. The molecular weight excluding hydrogens is 364 g/mol. The van der Waals surface area contributed by atoms with Crippen LogP contribution >= 0.6 is 0 Å². The summed E-state index contributed by atoms with van der Waals surface area (Å²) in [5.41, 5.74) is 1.32. The minimum atomic E-state index is 0.0909. The van der Waals surface area contributed by atoms with Gasteiger partial charge in [0.2, 0.25) is 0 Å². The van der Waals surface area contributed by atoms with Gasteiger partial charge < -0.3 is 25.4 Å². The monoisotopic (exact) mass is 404 g/mol. The van der Waals surface area contributed by atoms with E-state index in [1.807, 2.05) is 6.07 Å². The molecule has 0 bridgehead atoms. The van der Waals surface area contributed by atoms with E-state index in [0.29, 0.717) is 5.92 Å². The van der Waals surface area contributed by atoms with Gasteiger partial charge in [-0.15, -0.1) is 0 Å². The number of nitrogens with one attached hydrogen (secondary N) is 2. The highest BCUT2D eigenvalue weighted by atomic mass is 16.5. The molecule has 2 rings (SSSR count). The molecule has 0 radical (unpaired) electrons. The Balaban J connectivity index is 1.91. The second-order valence-electron chi connectivity index (χ2n) is 8.06. The Labute approximate surface area is 176 Å². The maximum atomic E-state index is 9.44. The number of benzene rings is 1. The van der Waals surface area contributed by atoms with Crippen LogP contribution in [-0.2, 0) is 0 Å². The molecule has 1 unspecified atom stereocenters. The maximum absolute atomic E-state index is 9.44. The van der Waals surface area contributed by atoms with Crippen molar-refractivity contribution in [1.29, 1.82) is 0 Å². The lowest BCUT2D eigenvalue weighted by Gasteiger charge is -2.29. The molecule has 1 aliphatic heterocycles. The number of rotatable bonds is 11. The molecule has 1 aliphatic rings. The van der Waals surface area contributed by atoms with Gasteiger partial charge in [-0.3, -0.25) is 4.99 Å². The number of aliphatic imine (C=N–C) groups is 1. The third kappa shape index (κ3) is 6.81. The molecule has 1 saturated heterocycles. The van der Waals surface area contributed by atoms with Crippen molar-refractivity contribution in [3.05, 3.63) is 24.3 Å². The SMILES string of the molecule is CCNC(=NCC(CC)(CC)CCO)NCC1CCN(c2cccc(OC)c2)C1. The number of guanidine groups is 1. The topological polar surface area (TPSA) is 69.1 Å². The van der Waals surface area contributed by atoms with E-state index in [1.165, 1.54) is 12.1 Å². The van der Waals surface area contributed by atoms with Gasteiger partial charge in [0, 0.05) is 51.1 Å². The van der Waals surface area contributed by atoms with E-state index in [9.17, 15) is 5.11 Å². The van der Waals surface area contributed by atoms with Gasteiger partial charge in [0.1, 0.15) is 5.75 Å². The van der Waals surface area contributed by atoms with E-state index in [-0.39, 0.29) is 12.0 Å². The summed E-state index contributed by atoms with van der Waals surface area (Å²) < 4.78 is 5.36. The highest BCUT2D eigenvalue weighted by molar-refractivity contribution is 5.79. The first kappa shape index (κ1) is 23.3. The summed E-state index contributed by atoms with van der Waals surface area (Å²) in [4.78, 5) is 7.29. The van der Waals surface area contributed by atoms with Gasteiger partial charge in [-0.05, 0) is 56.1 Å². The zero-order valence-electron chi connectivity index (χ0n) is 18.7. The van der Waals surface area contributed by atoms with E-state index in [2.05, 4.69) is 54.5 Å². The van der Waals surface area contributed by atoms with Gasteiger partial charge in [-0.1, -0.05) is 19.9 Å². The molecule has 1 fully saturated rings. The molecule has 1 atom stereocenters. The fourth-order valence-corrected chi connectivity index (χ4v) is 4.01. The van der Waals surface area contributed by atoms with Crippen molar-refractivity contribution in [1.82, 2.24) is 10.6 Å². The minimum Gasteiger partial charge on any atom is -0.497 e. The summed E-state index contributed by atoms with van der Waals surface area (Å²) in [7, 11) is 1.71. The van der Waals surface area contributed by atoms with Crippen LogP contribution < -0.4 is 20.3 Å². The Kier molecular flexibility index (Phi) is 9.58. The Hall–Kier alpha value is -1.95. The Morgan fingerprint density at radius 2 is 2.07 bits per heavy atom. The number of methoxy groups -OCH3 is 1. The summed E-state index contributed by atoms with van der Waals surface area (Å²) in [6.45, 7) is 11.3. The molecule has 1 aromatic carbocycles. The van der Waals surface area contributed by atoms with Crippen LogP contribution in [0, 0.1) is 11.3 Å². The first-order valence-electron chi connectivity index (χ1n) is 11.1. The molecule has 0 aliphatic carbocycles. The Bertz CT molecular complexity index is 631. The molecule has 0 spiro atoms. The molecule has 6 nitrogen and oxygen atoms in total. The van der Waals surface area contributed by atoms with Crippen LogP contribution in [0.25, 0.3) is 0 Å². The summed E-state index contributed by atoms with van der Waals surface area (Å²) in [6, 6.07) is 8.30. The molecule has 3 N–H and O–H groups in total. The van der Waals surface area contributed by atoms with Gasteiger partial charge >= 0.3 is 0 Å². The quantitative estimate of drug-likeness (QED) is 0.390. The van der Waals surface area contributed by atoms with Crippen molar-refractivity contribution in [3.8, 4) is 5.75 Å². The molecular formula is C23H40N4O2. The lowest BCUT2D eigenvalue weighted by Crippen LogP contribution is -2.41. The molecule has 0 amide bonds. The maximum Gasteiger partial charge on any atom is 0.191 e. The standard InChI is InChI=1S/C23H40N4O2/c1-5-23(6-2,12-14-28)18-26-22(24-7-3)25-16-19-11-13-27(17-19)20-9-8-10-21(15-20)29-4/h8-10,15,19,28H,5-7,11-14,16-18H2,1-4H3,(H2,24,25,26). The summed E-state index contributed by atoms with van der Waals surface area (Å²) in [5, 5.41) is 16.4. The second kappa shape index (κ2) is 11.9. The highest BCUT2D eigenvalue weighted by Crippen LogP contribution is 2.30. The number of anilines is 1. The number of hydrogen-bond acceptors (Lipinski definition) is 4. The van der Waals surface area contributed by atoms with Crippen LogP contribution in [0.15, 0.2) is 29.3 Å². The van der Waals surface area contributed by atoms with Gasteiger partial charge in [0.05, 0.1) is 7.11 Å². The predicted molar refractivity (Wildman–Crippen MR) is 122 cm³/mol. The minimum absolute atomic E-state index is 0.0909. The van der Waals surface area contributed by atoms with Crippen molar-refractivity contribution < 1.29 is 9.84 Å². The lowest BCUT2D eigenvalue weighted by molar-refractivity contribution is 0.175. The highest BCUT2D eigenvalue weighted by Gasteiger charge is 2.26. The summed E-state index contributed by atoms with van der Waals surface area (Å²) in [6.07, 6.45) is 4.04.